The highest BCUT2D eigenvalue weighted by molar-refractivity contribution is 8.13. The van der Waals surface area contributed by atoms with Gasteiger partial charge in [0.25, 0.3) is 0 Å². The van der Waals surface area contributed by atoms with Crippen molar-refractivity contribution in [1.29, 1.82) is 0 Å². The SMILES string of the molecule is CCCCCCCCCCCCCCCCC(=O)SCCNC(=O)CCNC(=O)[C@H](O)C(C)(C)COP(=O)(O)OP(=O)(O)OC[C@H]1O[C@@H](n2cnc3c(N)ncnc32)C(O)[C@H]1OP(=O)(O)O. The van der Waals surface area contributed by atoms with Gasteiger partial charge in [-0.05, 0) is 6.42 Å². The van der Waals surface area contributed by atoms with Crippen molar-refractivity contribution >= 4 is 69.1 Å². The highest BCUT2D eigenvalue weighted by Gasteiger charge is 2.50. The molecule has 0 radical (unpaired) electrons. The molecule has 1 aliphatic heterocycles. The van der Waals surface area contributed by atoms with E-state index in [1.807, 2.05) is 0 Å². The van der Waals surface area contributed by atoms with Gasteiger partial charge in [0.2, 0.25) is 11.8 Å². The summed E-state index contributed by atoms with van der Waals surface area (Å²) < 4.78 is 62.4. The molecular weight excluding hydrogens is 951 g/mol. The molecule has 2 aromatic rings. The Morgan fingerprint density at radius 3 is 2.06 bits per heavy atom. The number of aromatic nitrogens is 4. The van der Waals surface area contributed by atoms with Crippen molar-refractivity contribution in [3.05, 3.63) is 12.7 Å². The number of nitrogens with zero attached hydrogens (tertiary/aromatic N) is 4. The van der Waals surface area contributed by atoms with E-state index in [1.54, 1.807) is 0 Å². The third-order valence-corrected chi connectivity index (χ3v) is 14.5. The number of hydrogen-bond acceptors (Lipinski definition) is 18. The molecule has 3 unspecified atom stereocenters. The molecule has 0 aliphatic carbocycles. The van der Waals surface area contributed by atoms with E-state index in [0.717, 1.165) is 48.2 Å². The second-order valence-electron chi connectivity index (χ2n) is 16.6. The van der Waals surface area contributed by atoms with Gasteiger partial charge in [0.15, 0.2) is 22.8 Å². The van der Waals surface area contributed by atoms with Crippen LogP contribution in [0.5, 0.6) is 0 Å². The molecule has 1 fully saturated rings. The molecule has 3 heterocycles. The first-order valence-electron chi connectivity index (χ1n) is 22.1. The van der Waals surface area contributed by atoms with Crippen LogP contribution in [-0.4, -0.2) is 123 Å². The van der Waals surface area contributed by atoms with E-state index in [2.05, 4.69) is 41.3 Å². The number of carbonyl (C=O) groups is 3. The highest BCUT2D eigenvalue weighted by atomic mass is 32.2. The zero-order chi connectivity index (χ0) is 49.0. The van der Waals surface area contributed by atoms with Crippen LogP contribution in [0.3, 0.4) is 0 Å². The number of phosphoric ester groups is 3. The molecular formula is C38H68N7O17P3S. The van der Waals surface area contributed by atoms with Crippen LogP contribution in [0, 0.1) is 5.41 Å². The Morgan fingerprint density at radius 1 is 0.864 bits per heavy atom. The Labute approximate surface area is 388 Å². The minimum atomic E-state index is -5.57. The lowest BCUT2D eigenvalue weighted by Crippen LogP contribution is -2.46. The number of nitrogens with one attached hydrogen (secondary N) is 2. The van der Waals surface area contributed by atoms with Gasteiger partial charge in [0.05, 0.1) is 19.5 Å². The molecule has 3 rings (SSSR count). The quantitative estimate of drug-likeness (QED) is 0.0343. The molecule has 24 nitrogen and oxygen atoms in total. The number of amides is 2. The molecule has 2 amide bonds. The maximum absolute atomic E-state index is 12.7. The van der Waals surface area contributed by atoms with Gasteiger partial charge in [0, 0.05) is 37.1 Å². The van der Waals surface area contributed by atoms with Gasteiger partial charge in [-0.3, -0.25) is 32.5 Å². The van der Waals surface area contributed by atoms with Crippen molar-refractivity contribution in [2.75, 3.05) is 37.8 Å². The topological polar surface area (TPSA) is 364 Å². The molecule has 10 N–H and O–H groups in total. The average molecular weight is 1020 g/mol. The first-order valence-corrected chi connectivity index (χ1v) is 27.6. The van der Waals surface area contributed by atoms with E-state index < -0.39 is 84.6 Å². The summed E-state index contributed by atoms with van der Waals surface area (Å²) in [4.78, 5) is 88.3. The molecule has 378 valence electrons. The highest BCUT2D eigenvalue weighted by Crippen LogP contribution is 2.61. The summed E-state index contributed by atoms with van der Waals surface area (Å²) >= 11 is 1.16. The van der Waals surface area contributed by atoms with Gasteiger partial charge in [-0.1, -0.05) is 116 Å². The van der Waals surface area contributed by atoms with Crippen LogP contribution in [-0.2, 0) is 50.7 Å². The normalized spacial score (nSPS) is 20.2. The number of aliphatic hydroxyl groups is 2. The first-order chi connectivity index (χ1) is 31.1. The monoisotopic (exact) mass is 1020 g/mol. The van der Waals surface area contributed by atoms with Gasteiger partial charge in [-0.15, -0.1) is 0 Å². The summed E-state index contributed by atoms with van der Waals surface area (Å²) in [5.41, 5.74) is 4.29. The zero-order valence-corrected chi connectivity index (χ0v) is 41.2. The number of carbonyl (C=O) groups excluding carboxylic acids is 3. The Bertz CT molecular complexity index is 1980. The molecule has 0 saturated carbocycles. The van der Waals surface area contributed by atoms with Crippen LogP contribution < -0.4 is 16.4 Å². The van der Waals surface area contributed by atoms with E-state index in [9.17, 15) is 57.9 Å². The number of fused-ring (bicyclic) bond motifs is 1. The van der Waals surface area contributed by atoms with E-state index >= 15 is 0 Å². The molecule has 7 atom stereocenters. The largest absolute Gasteiger partial charge is 0.481 e. The van der Waals surface area contributed by atoms with Gasteiger partial charge in [-0.2, -0.15) is 4.31 Å². The van der Waals surface area contributed by atoms with E-state index in [1.165, 1.54) is 84.5 Å². The molecule has 0 aromatic carbocycles. The van der Waals surface area contributed by atoms with Crippen LogP contribution in [0.15, 0.2) is 12.7 Å². The lowest BCUT2D eigenvalue weighted by atomic mass is 9.87. The number of unbranched alkanes of at least 4 members (excludes halogenated alkanes) is 13. The van der Waals surface area contributed by atoms with Crippen molar-refractivity contribution in [2.24, 2.45) is 5.41 Å². The molecule has 66 heavy (non-hydrogen) atoms. The maximum atomic E-state index is 12.7. The lowest BCUT2D eigenvalue weighted by Gasteiger charge is -2.30. The molecule has 0 spiro atoms. The predicted molar refractivity (Wildman–Crippen MR) is 242 cm³/mol. The fourth-order valence-corrected chi connectivity index (χ4v) is 10.4. The number of aliphatic hydroxyl groups excluding tert-OH is 2. The van der Waals surface area contributed by atoms with Crippen LogP contribution >= 0.6 is 35.2 Å². The summed E-state index contributed by atoms with van der Waals surface area (Å²) in [5.74, 6) is -1.02. The number of anilines is 1. The summed E-state index contributed by atoms with van der Waals surface area (Å²) in [7, 11) is -16.4. The maximum Gasteiger partial charge on any atom is 0.481 e. The summed E-state index contributed by atoms with van der Waals surface area (Å²) in [6.45, 7) is 2.82. The lowest BCUT2D eigenvalue weighted by molar-refractivity contribution is -0.137. The Morgan fingerprint density at radius 2 is 1.45 bits per heavy atom. The van der Waals surface area contributed by atoms with Crippen molar-refractivity contribution in [3.8, 4) is 0 Å². The molecule has 2 aromatic heterocycles. The Hall–Kier alpha value is -2.44. The minimum absolute atomic E-state index is 0.0339. The van der Waals surface area contributed by atoms with Gasteiger partial charge >= 0.3 is 23.5 Å². The second-order valence-corrected chi connectivity index (χ2v) is 22.0. The fourth-order valence-electron chi connectivity index (χ4n) is 6.83. The summed E-state index contributed by atoms with van der Waals surface area (Å²) in [6.07, 6.45) is 10.9. The second kappa shape index (κ2) is 28.3. The number of nitrogens with two attached hydrogens (primary N) is 1. The minimum Gasteiger partial charge on any atom is -0.386 e. The average Bonchev–Trinajstić information content (AvgIpc) is 3.80. The van der Waals surface area contributed by atoms with Crippen molar-refractivity contribution in [3.63, 3.8) is 0 Å². The van der Waals surface area contributed by atoms with Gasteiger partial charge in [-0.25, -0.2) is 28.6 Å². The van der Waals surface area contributed by atoms with Gasteiger partial charge < -0.3 is 50.9 Å². The van der Waals surface area contributed by atoms with Crippen LogP contribution in [0.4, 0.5) is 5.82 Å². The van der Waals surface area contributed by atoms with E-state index in [-0.39, 0.29) is 41.6 Å². The predicted octanol–water partition coefficient (Wildman–Crippen LogP) is 4.54. The summed E-state index contributed by atoms with van der Waals surface area (Å²) in [6, 6.07) is 0. The van der Waals surface area contributed by atoms with Crippen molar-refractivity contribution in [2.45, 2.75) is 154 Å². The first kappa shape index (κ1) is 57.9. The Balaban J connectivity index is 1.31. The number of nitrogen functional groups attached to an aromatic ring is 1. The number of thioether (sulfide) groups is 1. The molecule has 28 heteroatoms. The zero-order valence-electron chi connectivity index (χ0n) is 37.7. The number of hydrogen-bond donors (Lipinski definition) is 9. The number of rotatable bonds is 34. The smallest absolute Gasteiger partial charge is 0.386 e. The van der Waals surface area contributed by atoms with E-state index in [0.29, 0.717) is 12.2 Å². The fraction of sp³-hybridized carbons (Fsp3) is 0.789. The van der Waals surface area contributed by atoms with Crippen molar-refractivity contribution in [1.82, 2.24) is 30.2 Å². The van der Waals surface area contributed by atoms with Crippen LogP contribution in [0.2, 0.25) is 0 Å². The summed E-state index contributed by atoms with van der Waals surface area (Å²) in [5, 5.41) is 26.7. The standard InChI is InChI=1S/C38H68N7O17P3S/c1-4-5-6-7-8-9-10-11-12-13-14-15-16-17-18-29(47)66-22-21-40-28(46)19-20-41-36(50)33(49)38(2,3)24-59-65(56,57)62-64(54,55)58-23-27-32(61-63(51,52)53)31(48)37(60-27)45-26-44-30-34(39)42-25-43-35(30)45/h25-27,31-33,37,48-49H,4-24H2,1-3H3,(H,40,46)(H,41,50)(H,54,55)(H,56,57)(H2,39,42,43)(H2,51,52,53)/t27-,31?,32+,33+,37-/m1/s1. The van der Waals surface area contributed by atoms with E-state index in [4.69, 9.17) is 19.5 Å². The van der Waals surface area contributed by atoms with Crippen LogP contribution in [0.25, 0.3) is 11.2 Å². The van der Waals surface area contributed by atoms with Crippen molar-refractivity contribution < 1.29 is 80.5 Å². The van der Waals surface area contributed by atoms with Gasteiger partial charge in [0.1, 0.15) is 36.3 Å². The number of ether oxygens (including phenoxy) is 1. The molecule has 1 saturated heterocycles. The molecule has 1 aliphatic rings. The Kier molecular flexibility index (Phi) is 24.8. The molecule has 0 bridgehead atoms. The third-order valence-electron chi connectivity index (χ3n) is 10.5. The third kappa shape index (κ3) is 21.1. The van der Waals surface area contributed by atoms with Crippen LogP contribution in [0.1, 0.15) is 130 Å². The number of imidazole rings is 1. The number of phosphoric acid groups is 3.